The van der Waals surface area contributed by atoms with Crippen LogP contribution in [0.2, 0.25) is 0 Å². The number of hydrogen-bond acceptors (Lipinski definition) is 3. The number of benzene rings is 1. The summed E-state index contributed by atoms with van der Waals surface area (Å²) in [5, 5.41) is 2.98. The van der Waals surface area contributed by atoms with E-state index in [-0.39, 0.29) is 16.9 Å². The summed E-state index contributed by atoms with van der Waals surface area (Å²) in [7, 11) is 0. The molecule has 0 atom stereocenters. The topological polar surface area (TPSA) is 81.1 Å². The van der Waals surface area contributed by atoms with E-state index in [2.05, 4.69) is 5.32 Å². The minimum absolute atomic E-state index is 0.0727. The van der Waals surface area contributed by atoms with Gasteiger partial charge >= 0.3 is 0 Å². The van der Waals surface area contributed by atoms with Gasteiger partial charge in [0.25, 0.3) is 5.91 Å². The minimum atomic E-state index is -0.645. The number of nitrogen functional groups attached to an aromatic ring is 1. The second-order valence-corrected chi connectivity index (χ2v) is 4.80. The van der Waals surface area contributed by atoms with E-state index in [1.807, 2.05) is 0 Å². The first-order valence-electron chi connectivity index (χ1n) is 6.20. The lowest BCUT2D eigenvalue weighted by Gasteiger charge is -2.10. The lowest BCUT2D eigenvalue weighted by atomic mass is 10.1. The van der Waals surface area contributed by atoms with Crippen LogP contribution in [0.3, 0.4) is 0 Å². The molecule has 0 aliphatic heterocycles. The first-order valence-corrected chi connectivity index (χ1v) is 6.20. The maximum absolute atomic E-state index is 13.6. The average molecular weight is 251 g/mol. The van der Waals surface area contributed by atoms with Crippen LogP contribution in [-0.4, -0.2) is 12.5 Å². The van der Waals surface area contributed by atoms with E-state index in [1.165, 1.54) is 25.3 Å². The summed E-state index contributed by atoms with van der Waals surface area (Å²) in [5.41, 5.74) is 11.2. The molecule has 2 rings (SSSR count). The van der Waals surface area contributed by atoms with E-state index in [1.54, 1.807) is 0 Å². The molecule has 4 nitrogen and oxygen atoms in total. The number of nitrogens with one attached hydrogen (secondary N) is 1. The zero-order valence-corrected chi connectivity index (χ0v) is 10.2. The van der Waals surface area contributed by atoms with Gasteiger partial charge in [0.05, 0.1) is 11.3 Å². The summed E-state index contributed by atoms with van der Waals surface area (Å²) in [6, 6.07) is 2.51. The highest BCUT2D eigenvalue weighted by Gasteiger charge is 2.20. The van der Waals surface area contributed by atoms with Gasteiger partial charge in [-0.2, -0.15) is 0 Å². The van der Waals surface area contributed by atoms with Gasteiger partial charge in [0, 0.05) is 12.2 Å². The third kappa shape index (κ3) is 3.12. The normalized spacial score (nSPS) is 14.5. The first kappa shape index (κ1) is 12.7. The molecular weight excluding hydrogens is 233 g/mol. The van der Waals surface area contributed by atoms with E-state index in [0.717, 1.165) is 18.4 Å². The van der Waals surface area contributed by atoms with Gasteiger partial charge in [-0.05, 0) is 30.9 Å². The third-order valence-corrected chi connectivity index (χ3v) is 3.21. The Hall–Kier alpha value is -1.78. The summed E-state index contributed by atoms with van der Waals surface area (Å²) in [5.74, 6) is -0.235. The van der Waals surface area contributed by atoms with Crippen molar-refractivity contribution in [3.8, 4) is 0 Å². The Bertz CT molecular complexity index is 458. The van der Waals surface area contributed by atoms with Gasteiger partial charge in [0.1, 0.15) is 5.82 Å². The van der Waals surface area contributed by atoms with Crippen molar-refractivity contribution >= 4 is 17.3 Å². The van der Waals surface area contributed by atoms with Gasteiger partial charge in [-0.15, -0.1) is 0 Å². The van der Waals surface area contributed by atoms with Crippen LogP contribution in [0, 0.1) is 11.7 Å². The first-order chi connectivity index (χ1) is 8.58. The molecule has 5 heteroatoms. The molecule has 1 saturated carbocycles. The molecule has 0 saturated heterocycles. The van der Waals surface area contributed by atoms with Gasteiger partial charge in [-0.1, -0.05) is 12.8 Å². The van der Waals surface area contributed by atoms with E-state index in [0.29, 0.717) is 6.54 Å². The zero-order valence-electron chi connectivity index (χ0n) is 10.2. The molecule has 1 amide bonds. The van der Waals surface area contributed by atoms with Crippen LogP contribution in [-0.2, 0) is 0 Å². The Morgan fingerprint density at radius 3 is 2.78 bits per heavy atom. The molecule has 1 aromatic carbocycles. The maximum atomic E-state index is 13.6. The van der Waals surface area contributed by atoms with E-state index < -0.39 is 11.7 Å². The lowest BCUT2D eigenvalue weighted by molar-refractivity contribution is 0.100. The second kappa shape index (κ2) is 5.25. The molecule has 0 heterocycles. The van der Waals surface area contributed by atoms with E-state index in [4.69, 9.17) is 11.5 Å². The molecule has 18 heavy (non-hydrogen) atoms. The maximum Gasteiger partial charge on any atom is 0.250 e. The van der Waals surface area contributed by atoms with Crippen molar-refractivity contribution in [1.29, 1.82) is 0 Å². The summed E-state index contributed by atoms with van der Waals surface area (Å²) in [6.07, 6.45) is 4.82. The smallest absolute Gasteiger partial charge is 0.250 e. The molecule has 0 radical (unpaired) electrons. The summed E-state index contributed by atoms with van der Waals surface area (Å²) in [4.78, 5) is 11.1. The number of anilines is 2. The summed E-state index contributed by atoms with van der Waals surface area (Å²) in [6.45, 7) is 0.690. The van der Waals surface area contributed by atoms with Crippen LogP contribution < -0.4 is 16.8 Å². The molecule has 1 aliphatic carbocycles. The SMILES string of the molecule is NC(=O)c1cc(NCCCC2CC2)c(F)cc1N. The molecule has 98 valence electrons. The number of hydrogen-bond donors (Lipinski definition) is 3. The highest BCUT2D eigenvalue weighted by molar-refractivity contribution is 5.99. The Kier molecular flexibility index (Phi) is 3.69. The molecule has 0 spiro atoms. The fourth-order valence-electron chi connectivity index (χ4n) is 1.96. The second-order valence-electron chi connectivity index (χ2n) is 4.80. The van der Waals surface area contributed by atoms with Gasteiger partial charge < -0.3 is 16.8 Å². The molecule has 0 bridgehead atoms. The predicted octanol–water partition coefficient (Wildman–Crippen LogP) is 2.11. The molecule has 1 fully saturated rings. The molecule has 1 aromatic rings. The number of carbonyl (C=O) groups excluding carboxylic acids is 1. The lowest BCUT2D eigenvalue weighted by Crippen LogP contribution is -2.15. The van der Waals surface area contributed by atoms with Crippen molar-refractivity contribution in [3.63, 3.8) is 0 Å². The zero-order chi connectivity index (χ0) is 13.1. The van der Waals surface area contributed by atoms with Crippen molar-refractivity contribution in [2.24, 2.45) is 11.7 Å². The molecule has 0 unspecified atom stereocenters. The Morgan fingerprint density at radius 2 is 2.17 bits per heavy atom. The van der Waals surface area contributed by atoms with E-state index >= 15 is 0 Å². The Balaban J connectivity index is 1.97. The monoisotopic (exact) mass is 251 g/mol. The Morgan fingerprint density at radius 1 is 1.44 bits per heavy atom. The van der Waals surface area contributed by atoms with Crippen molar-refractivity contribution < 1.29 is 9.18 Å². The highest BCUT2D eigenvalue weighted by atomic mass is 19.1. The number of rotatable bonds is 6. The predicted molar refractivity (Wildman–Crippen MR) is 69.8 cm³/mol. The molecular formula is C13H18FN3O. The standard InChI is InChI=1S/C13H18FN3O/c14-10-7-11(15)9(13(16)18)6-12(10)17-5-1-2-8-3-4-8/h6-8,17H,1-5,15H2,(H2,16,18). The van der Waals surface area contributed by atoms with Crippen molar-refractivity contribution in [1.82, 2.24) is 0 Å². The summed E-state index contributed by atoms with van der Waals surface area (Å²) >= 11 is 0. The minimum Gasteiger partial charge on any atom is -0.398 e. The van der Waals surface area contributed by atoms with Crippen LogP contribution in [0.5, 0.6) is 0 Å². The van der Waals surface area contributed by atoms with Crippen LogP contribution in [0.4, 0.5) is 15.8 Å². The van der Waals surface area contributed by atoms with Crippen molar-refractivity contribution in [2.75, 3.05) is 17.6 Å². The van der Waals surface area contributed by atoms with Crippen LogP contribution in [0.25, 0.3) is 0 Å². The van der Waals surface area contributed by atoms with Crippen molar-refractivity contribution in [2.45, 2.75) is 25.7 Å². The highest BCUT2D eigenvalue weighted by Crippen LogP contribution is 2.33. The average Bonchev–Trinajstić information content (AvgIpc) is 3.10. The van der Waals surface area contributed by atoms with Gasteiger partial charge in [-0.3, -0.25) is 4.79 Å². The van der Waals surface area contributed by atoms with Crippen LogP contribution >= 0.6 is 0 Å². The third-order valence-electron chi connectivity index (χ3n) is 3.21. The number of amides is 1. The number of carbonyl (C=O) groups is 1. The number of halogens is 1. The fourth-order valence-corrected chi connectivity index (χ4v) is 1.96. The van der Waals surface area contributed by atoms with Gasteiger partial charge in [0.15, 0.2) is 0 Å². The quantitative estimate of drug-likeness (QED) is 0.535. The largest absolute Gasteiger partial charge is 0.398 e. The van der Waals surface area contributed by atoms with Crippen LogP contribution in [0.1, 0.15) is 36.0 Å². The summed E-state index contributed by atoms with van der Waals surface area (Å²) < 4.78 is 13.6. The molecule has 1 aliphatic rings. The van der Waals surface area contributed by atoms with E-state index in [9.17, 15) is 9.18 Å². The van der Waals surface area contributed by atoms with Crippen molar-refractivity contribution in [3.05, 3.63) is 23.5 Å². The number of primary amides is 1. The Labute approximate surface area is 106 Å². The van der Waals surface area contributed by atoms with Crippen LogP contribution in [0.15, 0.2) is 12.1 Å². The van der Waals surface area contributed by atoms with Gasteiger partial charge in [-0.25, -0.2) is 4.39 Å². The molecule has 5 N–H and O–H groups in total. The fraction of sp³-hybridized carbons (Fsp3) is 0.462. The number of nitrogens with two attached hydrogens (primary N) is 2. The molecule has 0 aromatic heterocycles. The van der Waals surface area contributed by atoms with Gasteiger partial charge in [0.2, 0.25) is 0 Å².